The van der Waals surface area contributed by atoms with Gasteiger partial charge in [0.05, 0.1) is 11.6 Å². The Morgan fingerprint density at radius 3 is 2.85 bits per heavy atom. The molecule has 1 saturated heterocycles. The Morgan fingerprint density at radius 1 is 1.50 bits per heavy atom. The van der Waals surface area contributed by atoms with Crippen molar-refractivity contribution in [2.45, 2.75) is 19.8 Å². The largest absolute Gasteiger partial charge is 0.331 e. The molecule has 1 aromatic heterocycles. The molecule has 0 radical (unpaired) electrons. The Balaban J connectivity index is 1.94. The van der Waals surface area contributed by atoms with Crippen LogP contribution in [0.3, 0.4) is 0 Å². The monoisotopic (exact) mass is 296 g/mol. The van der Waals surface area contributed by atoms with Gasteiger partial charge < -0.3 is 15.1 Å². The van der Waals surface area contributed by atoms with Crippen molar-refractivity contribution in [2.24, 2.45) is 5.92 Å². The van der Waals surface area contributed by atoms with Crippen molar-refractivity contribution < 1.29 is 9.59 Å². The predicted octanol–water partition coefficient (Wildman–Crippen LogP) is 1.78. The van der Waals surface area contributed by atoms with E-state index in [4.69, 9.17) is 0 Å². The van der Waals surface area contributed by atoms with Gasteiger partial charge in [0.2, 0.25) is 5.91 Å². The van der Waals surface area contributed by atoms with E-state index in [1.54, 1.807) is 23.9 Å². The molecule has 0 bridgehead atoms. The number of likely N-dealkylation sites (tertiary alicyclic amines) is 1. The lowest BCUT2D eigenvalue weighted by Crippen LogP contribution is -2.47. The highest BCUT2D eigenvalue weighted by Crippen LogP contribution is 2.21. The van der Waals surface area contributed by atoms with Crippen LogP contribution in [0.15, 0.2) is 5.38 Å². The molecule has 1 atom stereocenters. The number of hydrogen-bond acceptors (Lipinski definition) is 4. The van der Waals surface area contributed by atoms with E-state index >= 15 is 0 Å². The van der Waals surface area contributed by atoms with Gasteiger partial charge in [0.15, 0.2) is 5.13 Å². The average Bonchev–Trinajstić information content (AvgIpc) is 2.83. The molecule has 0 aromatic carbocycles. The maximum Gasteiger partial charge on any atom is 0.319 e. The number of aromatic nitrogens is 1. The van der Waals surface area contributed by atoms with Gasteiger partial charge in [-0.25, -0.2) is 9.78 Å². The number of nitrogens with one attached hydrogen (secondary N) is 1. The Hall–Kier alpha value is -1.63. The van der Waals surface area contributed by atoms with Crippen LogP contribution >= 0.6 is 11.3 Å². The molecule has 1 aliphatic heterocycles. The number of carbonyl (C=O) groups is 2. The van der Waals surface area contributed by atoms with E-state index in [0.29, 0.717) is 11.7 Å². The topological polar surface area (TPSA) is 65.5 Å². The van der Waals surface area contributed by atoms with E-state index in [9.17, 15) is 9.59 Å². The SMILES string of the molecule is Cc1csc(NC(=O)C2CCCN(C(=O)N(C)C)C2)n1. The van der Waals surface area contributed by atoms with E-state index in [1.807, 2.05) is 12.3 Å². The van der Waals surface area contributed by atoms with Crippen LogP contribution in [-0.4, -0.2) is 53.9 Å². The minimum atomic E-state index is -0.156. The zero-order valence-corrected chi connectivity index (χ0v) is 12.9. The number of amides is 3. The second-order valence-electron chi connectivity index (χ2n) is 5.25. The smallest absolute Gasteiger partial charge is 0.319 e. The summed E-state index contributed by atoms with van der Waals surface area (Å²) in [4.78, 5) is 31.7. The van der Waals surface area contributed by atoms with Crippen molar-refractivity contribution in [1.29, 1.82) is 0 Å². The molecule has 1 aliphatic rings. The number of hydrogen-bond donors (Lipinski definition) is 1. The number of aryl methyl sites for hydroxylation is 1. The Morgan fingerprint density at radius 2 is 2.25 bits per heavy atom. The average molecular weight is 296 g/mol. The second kappa shape index (κ2) is 6.21. The first-order valence-corrected chi connectivity index (χ1v) is 7.54. The normalized spacial score (nSPS) is 18.8. The van der Waals surface area contributed by atoms with E-state index < -0.39 is 0 Å². The van der Waals surface area contributed by atoms with E-state index in [0.717, 1.165) is 25.1 Å². The van der Waals surface area contributed by atoms with Crippen molar-refractivity contribution in [1.82, 2.24) is 14.8 Å². The van der Waals surface area contributed by atoms with Gasteiger partial charge in [-0.2, -0.15) is 0 Å². The predicted molar refractivity (Wildman–Crippen MR) is 78.9 cm³/mol. The molecule has 110 valence electrons. The van der Waals surface area contributed by atoms with Gasteiger partial charge in [0.25, 0.3) is 0 Å². The first kappa shape index (κ1) is 14.8. The summed E-state index contributed by atoms with van der Waals surface area (Å²) < 4.78 is 0. The molecule has 0 saturated carbocycles. The molecule has 0 aliphatic carbocycles. The number of anilines is 1. The van der Waals surface area contributed by atoms with Crippen molar-refractivity contribution in [3.8, 4) is 0 Å². The highest BCUT2D eigenvalue weighted by molar-refractivity contribution is 7.13. The lowest BCUT2D eigenvalue weighted by atomic mass is 9.97. The first-order valence-electron chi connectivity index (χ1n) is 6.66. The summed E-state index contributed by atoms with van der Waals surface area (Å²) in [6, 6.07) is -0.0346. The van der Waals surface area contributed by atoms with Crippen LogP contribution in [0.1, 0.15) is 18.5 Å². The summed E-state index contributed by atoms with van der Waals surface area (Å²) in [6.07, 6.45) is 1.67. The highest BCUT2D eigenvalue weighted by Gasteiger charge is 2.29. The highest BCUT2D eigenvalue weighted by atomic mass is 32.1. The Bertz CT molecular complexity index is 500. The number of carbonyl (C=O) groups excluding carboxylic acids is 2. The van der Waals surface area contributed by atoms with Crippen LogP contribution in [0.5, 0.6) is 0 Å². The summed E-state index contributed by atoms with van der Waals surface area (Å²) >= 11 is 1.42. The summed E-state index contributed by atoms with van der Waals surface area (Å²) in [5.41, 5.74) is 0.901. The number of thiazole rings is 1. The van der Waals surface area contributed by atoms with Gasteiger partial charge in [-0.1, -0.05) is 0 Å². The molecular weight excluding hydrogens is 276 g/mol. The molecule has 20 heavy (non-hydrogen) atoms. The number of urea groups is 1. The number of nitrogens with zero attached hydrogens (tertiary/aromatic N) is 3. The molecule has 1 N–H and O–H groups in total. The number of rotatable bonds is 2. The van der Waals surface area contributed by atoms with Gasteiger partial charge in [-0.3, -0.25) is 4.79 Å². The standard InChI is InChI=1S/C13H20N4O2S/c1-9-8-20-12(14-9)15-11(18)10-5-4-6-17(7-10)13(19)16(2)3/h8,10H,4-7H2,1-3H3,(H,14,15,18). The Kier molecular flexibility index (Phi) is 4.59. The van der Waals surface area contributed by atoms with Gasteiger partial charge in [-0.05, 0) is 19.8 Å². The Labute approximate surface area is 122 Å². The zero-order valence-electron chi connectivity index (χ0n) is 12.0. The lowest BCUT2D eigenvalue weighted by Gasteiger charge is -2.33. The summed E-state index contributed by atoms with van der Waals surface area (Å²) in [7, 11) is 3.45. The molecule has 1 fully saturated rings. The first-order chi connectivity index (χ1) is 9.47. The minimum absolute atomic E-state index is 0.0346. The molecule has 7 heteroatoms. The fourth-order valence-corrected chi connectivity index (χ4v) is 2.96. The van der Waals surface area contributed by atoms with Gasteiger partial charge >= 0.3 is 6.03 Å². The third kappa shape index (κ3) is 3.47. The van der Waals surface area contributed by atoms with Crippen LogP contribution in [0.25, 0.3) is 0 Å². The molecule has 0 spiro atoms. The summed E-state index contributed by atoms with van der Waals surface area (Å²) in [5, 5.41) is 5.37. The van der Waals surface area contributed by atoms with Gasteiger partial charge in [0.1, 0.15) is 0 Å². The molecule has 1 aromatic rings. The quantitative estimate of drug-likeness (QED) is 0.904. The molecule has 3 amide bonds. The van der Waals surface area contributed by atoms with Crippen LogP contribution in [0.2, 0.25) is 0 Å². The van der Waals surface area contributed by atoms with Crippen LogP contribution in [0.4, 0.5) is 9.93 Å². The third-order valence-corrected chi connectivity index (χ3v) is 4.17. The van der Waals surface area contributed by atoms with Crippen molar-refractivity contribution in [3.05, 3.63) is 11.1 Å². The van der Waals surface area contributed by atoms with E-state index in [2.05, 4.69) is 10.3 Å². The van der Waals surface area contributed by atoms with Crippen molar-refractivity contribution >= 4 is 28.4 Å². The molecule has 2 heterocycles. The van der Waals surface area contributed by atoms with Gasteiger partial charge in [0, 0.05) is 32.6 Å². The van der Waals surface area contributed by atoms with Crippen LogP contribution in [-0.2, 0) is 4.79 Å². The fraction of sp³-hybridized carbons (Fsp3) is 0.615. The van der Waals surface area contributed by atoms with Crippen LogP contribution < -0.4 is 5.32 Å². The third-order valence-electron chi connectivity index (χ3n) is 3.29. The second-order valence-corrected chi connectivity index (χ2v) is 6.10. The number of piperidine rings is 1. The van der Waals surface area contributed by atoms with E-state index in [1.165, 1.54) is 11.3 Å². The molecule has 2 rings (SSSR count). The van der Waals surface area contributed by atoms with Crippen LogP contribution in [0, 0.1) is 12.8 Å². The van der Waals surface area contributed by atoms with Crippen molar-refractivity contribution in [2.75, 3.05) is 32.5 Å². The lowest BCUT2D eigenvalue weighted by molar-refractivity contribution is -0.121. The molecular formula is C13H20N4O2S. The summed E-state index contributed by atoms with van der Waals surface area (Å²) in [5.74, 6) is -0.201. The molecule has 6 nitrogen and oxygen atoms in total. The molecule has 1 unspecified atom stereocenters. The fourth-order valence-electron chi connectivity index (χ4n) is 2.27. The minimum Gasteiger partial charge on any atom is -0.331 e. The van der Waals surface area contributed by atoms with Crippen molar-refractivity contribution in [3.63, 3.8) is 0 Å². The zero-order chi connectivity index (χ0) is 14.7. The van der Waals surface area contributed by atoms with E-state index in [-0.39, 0.29) is 17.9 Å². The summed E-state index contributed by atoms with van der Waals surface area (Å²) in [6.45, 7) is 3.09. The maximum absolute atomic E-state index is 12.2. The maximum atomic E-state index is 12.2. The van der Waals surface area contributed by atoms with Gasteiger partial charge in [-0.15, -0.1) is 11.3 Å².